The Morgan fingerprint density at radius 2 is 1.81 bits per heavy atom. The largest absolute Gasteiger partial charge is 0.484 e. The van der Waals surface area contributed by atoms with Gasteiger partial charge in [-0.3, -0.25) is 19.7 Å². The van der Waals surface area contributed by atoms with E-state index in [0.29, 0.717) is 11.5 Å². The van der Waals surface area contributed by atoms with Gasteiger partial charge in [0.2, 0.25) is 5.91 Å². The van der Waals surface area contributed by atoms with Crippen molar-refractivity contribution in [2.45, 2.75) is 25.6 Å². The van der Waals surface area contributed by atoms with E-state index in [4.69, 9.17) is 4.74 Å². The topological polar surface area (TPSA) is 123 Å². The van der Waals surface area contributed by atoms with Crippen LogP contribution in [0.4, 0.5) is 5.69 Å². The molecule has 0 aromatic heterocycles. The SMILES string of the molecule is CC(C)NC(=O)COc1ccc(/C=N\NC(=O)CSCc2ccc([N+](=O)[O-])cc2)cc1. The van der Waals surface area contributed by atoms with Gasteiger partial charge < -0.3 is 10.1 Å². The van der Waals surface area contributed by atoms with Crippen LogP contribution < -0.4 is 15.5 Å². The maximum Gasteiger partial charge on any atom is 0.269 e. The first-order valence-electron chi connectivity index (χ1n) is 9.48. The van der Waals surface area contributed by atoms with Gasteiger partial charge in [0.15, 0.2) is 6.61 Å². The number of ether oxygens (including phenoxy) is 1. The Morgan fingerprint density at radius 3 is 2.42 bits per heavy atom. The van der Waals surface area contributed by atoms with Crippen molar-refractivity contribution in [3.63, 3.8) is 0 Å². The molecule has 0 aliphatic carbocycles. The highest BCUT2D eigenvalue weighted by atomic mass is 32.2. The second-order valence-electron chi connectivity index (χ2n) is 6.79. The van der Waals surface area contributed by atoms with Crippen LogP contribution in [0, 0.1) is 10.1 Å². The van der Waals surface area contributed by atoms with Crippen molar-refractivity contribution in [3.05, 3.63) is 69.8 Å². The van der Waals surface area contributed by atoms with Gasteiger partial charge in [0.05, 0.1) is 16.9 Å². The van der Waals surface area contributed by atoms with E-state index in [-0.39, 0.29) is 35.9 Å². The molecule has 0 spiro atoms. The first-order chi connectivity index (χ1) is 14.8. The summed E-state index contributed by atoms with van der Waals surface area (Å²) in [5.41, 5.74) is 4.15. The van der Waals surface area contributed by atoms with E-state index in [9.17, 15) is 19.7 Å². The van der Waals surface area contributed by atoms with Crippen molar-refractivity contribution in [1.29, 1.82) is 0 Å². The molecule has 0 bridgehead atoms. The summed E-state index contributed by atoms with van der Waals surface area (Å²) in [5.74, 6) is 0.891. The second-order valence-corrected chi connectivity index (χ2v) is 7.78. The molecule has 2 aromatic carbocycles. The van der Waals surface area contributed by atoms with Gasteiger partial charge >= 0.3 is 0 Å². The van der Waals surface area contributed by atoms with Crippen LogP contribution in [-0.2, 0) is 15.3 Å². The van der Waals surface area contributed by atoms with E-state index in [1.54, 1.807) is 36.4 Å². The minimum Gasteiger partial charge on any atom is -0.484 e. The van der Waals surface area contributed by atoms with Gasteiger partial charge in [-0.1, -0.05) is 12.1 Å². The van der Waals surface area contributed by atoms with Crippen LogP contribution in [0.2, 0.25) is 0 Å². The number of nitro benzene ring substituents is 1. The molecule has 0 aliphatic heterocycles. The van der Waals surface area contributed by atoms with Crippen LogP contribution >= 0.6 is 11.8 Å². The molecule has 0 saturated carbocycles. The number of nitrogens with one attached hydrogen (secondary N) is 2. The zero-order chi connectivity index (χ0) is 22.6. The molecule has 164 valence electrons. The molecular weight excluding hydrogens is 420 g/mol. The molecule has 0 heterocycles. The lowest BCUT2D eigenvalue weighted by atomic mass is 10.2. The molecule has 2 aromatic rings. The normalized spacial score (nSPS) is 10.8. The number of hydrazone groups is 1. The lowest BCUT2D eigenvalue weighted by Crippen LogP contribution is -2.34. The summed E-state index contributed by atoms with van der Waals surface area (Å²) in [6.45, 7) is 3.70. The molecule has 10 heteroatoms. The standard InChI is InChI=1S/C21H24N4O5S/c1-15(2)23-20(26)12-30-19-9-5-16(6-10-19)11-22-24-21(27)14-31-13-17-3-7-18(8-4-17)25(28)29/h3-11,15H,12-14H2,1-2H3,(H,23,26)(H,24,27)/b22-11-. The lowest BCUT2D eigenvalue weighted by Gasteiger charge is -2.09. The van der Waals surface area contributed by atoms with Crippen LogP contribution in [0.3, 0.4) is 0 Å². The van der Waals surface area contributed by atoms with E-state index in [0.717, 1.165) is 11.1 Å². The Balaban J connectivity index is 1.68. The highest BCUT2D eigenvalue weighted by molar-refractivity contribution is 7.99. The third-order valence-electron chi connectivity index (χ3n) is 3.75. The number of nitro groups is 1. The highest BCUT2D eigenvalue weighted by Crippen LogP contribution is 2.16. The molecule has 0 radical (unpaired) electrons. The monoisotopic (exact) mass is 444 g/mol. The number of non-ortho nitro benzene ring substituents is 1. The second kappa shape index (κ2) is 12.3. The van der Waals surface area contributed by atoms with Crippen molar-refractivity contribution < 1.29 is 19.2 Å². The first kappa shape index (κ1) is 23.9. The number of rotatable bonds is 11. The zero-order valence-corrected chi connectivity index (χ0v) is 18.1. The number of carbonyl (C=O) groups is 2. The molecule has 2 N–H and O–H groups in total. The van der Waals surface area contributed by atoms with Gasteiger partial charge in [0.25, 0.3) is 11.6 Å². The molecule has 31 heavy (non-hydrogen) atoms. The summed E-state index contributed by atoms with van der Waals surface area (Å²) in [6.07, 6.45) is 1.51. The Hall–Kier alpha value is -3.40. The van der Waals surface area contributed by atoms with Crippen LogP contribution in [0.15, 0.2) is 53.6 Å². The fourth-order valence-corrected chi connectivity index (χ4v) is 3.13. The number of hydrogen-bond acceptors (Lipinski definition) is 7. The van der Waals surface area contributed by atoms with E-state index in [2.05, 4.69) is 15.8 Å². The lowest BCUT2D eigenvalue weighted by molar-refractivity contribution is -0.384. The number of hydrogen-bond donors (Lipinski definition) is 2. The number of amides is 2. The molecule has 0 fully saturated rings. The van der Waals surface area contributed by atoms with Crippen molar-refractivity contribution in [2.75, 3.05) is 12.4 Å². The van der Waals surface area contributed by atoms with E-state index < -0.39 is 4.92 Å². The zero-order valence-electron chi connectivity index (χ0n) is 17.2. The van der Waals surface area contributed by atoms with E-state index in [1.165, 1.54) is 30.1 Å². The predicted octanol–water partition coefficient (Wildman–Crippen LogP) is 2.88. The number of thioether (sulfide) groups is 1. The van der Waals surface area contributed by atoms with Gasteiger partial charge in [-0.05, 0) is 49.2 Å². The fraction of sp³-hybridized carbons (Fsp3) is 0.286. The summed E-state index contributed by atoms with van der Waals surface area (Å²) < 4.78 is 5.40. The maximum atomic E-state index is 11.9. The number of carbonyl (C=O) groups excluding carboxylic acids is 2. The summed E-state index contributed by atoms with van der Waals surface area (Å²) in [4.78, 5) is 33.6. The number of benzene rings is 2. The Kier molecular flexibility index (Phi) is 9.50. The molecular formula is C21H24N4O5S. The Morgan fingerprint density at radius 1 is 1.13 bits per heavy atom. The molecule has 0 unspecified atom stereocenters. The van der Waals surface area contributed by atoms with Gasteiger partial charge in [-0.2, -0.15) is 5.10 Å². The summed E-state index contributed by atoms with van der Waals surface area (Å²) in [7, 11) is 0. The first-order valence-corrected chi connectivity index (χ1v) is 10.6. The van der Waals surface area contributed by atoms with Gasteiger partial charge in [0, 0.05) is 23.9 Å². The molecule has 2 amide bonds. The van der Waals surface area contributed by atoms with Gasteiger partial charge in [-0.25, -0.2) is 5.43 Å². The third-order valence-corrected chi connectivity index (χ3v) is 4.76. The molecule has 0 aliphatic rings. The van der Waals surface area contributed by atoms with Crippen LogP contribution in [0.5, 0.6) is 5.75 Å². The van der Waals surface area contributed by atoms with Crippen LogP contribution in [0.1, 0.15) is 25.0 Å². The average molecular weight is 445 g/mol. The molecule has 0 atom stereocenters. The van der Waals surface area contributed by atoms with E-state index >= 15 is 0 Å². The quantitative estimate of drug-likeness (QED) is 0.312. The van der Waals surface area contributed by atoms with Crippen molar-refractivity contribution in [2.24, 2.45) is 5.10 Å². The number of nitrogens with zero attached hydrogens (tertiary/aromatic N) is 2. The highest BCUT2D eigenvalue weighted by Gasteiger charge is 2.06. The van der Waals surface area contributed by atoms with Crippen molar-refractivity contribution in [3.8, 4) is 5.75 Å². The minimum absolute atomic E-state index is 0.0389. The minimum atomic E-state index is -0.449. The summed E-state index contributed by atoms with van der Waals surface area (Å²) in [5, 5.41) is 17.3. The Labute approximate surface area is 184 Å². The van der Waals surface area contributed by atoms with Crippen LogP contribution in [0.25, 0.3) is 0 Å². The van der Waals surface area contributed by atoms with Gasteiger partial charge in [-0.15, -0.1) is 11.8 Å². The van der Waals surface area contributed by atoms with Crippen LogP contribution in [-0.4, -0.2) is 41.4 Å². The summed E-state index contributed by atoms with van der Waals surface area (Å²) >= 11 is 1.38. The van der Waals surface area contributed by atoms with E-state index in [1.807, 2.05) is 13.8 Å². The smallest absolute Gasteiger partial charge is 0.269 e. The summed E-state index contributed by atoms with van der Waals surface area (Å²) in [6, 6.07) is 13.2. The van der Waals surface area contributed by atoms with Crippen molar-refractivity contribution in [1.82, 2.24) is 10.7 Å². The van der Waals surface area contributed by atoms with Crippen molar-refractivity contribution >= 4 is 35.5 Å². The maximum absolute atomic E-state index is 11.9. The average Bonchev–Trinajstić information content (AvgIpc) is 2.73. The van der Waals surface area contributed by atoms with Gasteiger partial charge in [0.1, 0.15) is 5.75 Å². The molecule has 2 rings (SSSR count). The third kappa shape index (κ3) is 9.30. The molecule has 9 nitrogen and oxygen atoms in total. The predicted molar refractivity (Wildman–Crippen MR) is 120 cm³/mol. The fourth-order valence-electron chi connectivity index (χ4n) is 2.35. The molecule has 0 saturated heterocycles. The Bertz CT molecular complexity index is 914.